The van der Waals surface area contributed by atoms with Crippen molar-refractivity contribution < 1.29 is 17.9 Å². The van der Waals surface area contributed by atoms with Crippen molar-refractivity contribution in [3.05, 3.63) is 64.1 Å². The number of hydrogen-bond acceptors (Lipinski definition) is 4. The smallest absolute Gasteiger partial charge is 0.261 e. The van der Waals surface area contributed by atoms with Crippen LogP contribution in [0.2, 0.25) is 0 Å². The van der Waals surface area contributed by atoms with Gasteiger partial charge in [-0.15, -0.1) is 0 Å². The van der Waals surface area contributed by atoms with Crippen LogP contribution in [0.5, 0.6) is 5.75 Å². The molecule has 1 aliphatic rings. The number of hydrogen-bond donors (Lipinski definition) is 0. The molecular weight excluding hydrogens is 442 g/mol. The fraction of sp³-hybridized carbons (Fsp3) is 0.381. The molecule has 0 radical (unpaired) electrons. The number of carbonyl (C=O) groups excluding carboxylic acids is 1. The maximum absolute atomic E-state index is 12.9. The number of ether oxygens (including phenoxy) is 1. The zero-order valence-corrected chi connectivity index (χ0v) is 18.2. The van der Waals surface area contributed by atoms with Crippen LogP contribution >= 0.6 is 15.9 Å². The Morgan fingerprint density at radius 1 is 1.11 bits per heavy atom. The summed E-state index contributed by atoms with van der Waals surface area (Å²) in [7, 11) is -3.09. The fourth-order valence-corrected chi connectivity index (χ4v) is 5.27. The van der Waals surface area contributed by atoms with Gasteiger partial charge < -0.3 is 9.64 Å². The minimum Gasteiger partial charge on any atom is -0.484 e. The van der Waals surface area contributed by atoms with Crippen LogP contribution in [0.25, 0.3) is 0 Å². The highest BCUT2D eigenvalue weighted by molar-refractivity contribution is 9.10. The first kappa shape index (κ1) is 20.9. The van der Waals surface area contributed by atoms with Gasteiger partial charge in [0.25, 0.3) is 5.91 Å². The highest BCUT2D eigenvalue weighted by Gasteiger charge is 2.34. The van der Waals surface area contributed by atoms with Crippen molar-refractivity contribution in [3.63, 3.8) is 0 Å². The van der Waals surface area contributed by atoms with E-state index in [1.807, 2.05) is 36.4 Å². The molecule has 0 aromatic heterocycles. The second-order valence-corrected chi connectivity index (χ2v) is 10.1. The molecule has 0 saturated carbocycles. The van der Waals surface area contributed by atoms with E-state index in [1.54, 1.807) is 17.0 Å². The summed E-state index contributed by atoms with van der Waals surface area (Å²) in [5.41, 5.74) is 2.21. The molecule has 28 heavy (non-hydrogen) atoms. The molecule has 1 saturated heterocycles. The minimum absolute atomic E-state index is 0.0179. The standard InChI is InChI=1S/C21H24BrNO4S/c1-2-16-3-5-17(6-4-16)13-23(19-11-12-28(25,26)15-19)21(24)14-27-20-9-7-18(22)8-10-20/h3-10,19H,2,11-15H2,1H3. The van der Waals surface area contributed by atoms with E-state index in [9.17, 15) is 13.2 Å². The Hall–Kier alpha value is -1.86. The van der Waals surface area contributed by atoms with Gasteiger partial charge in [0.2, 0.25) is 0 Å². The third-order valence-corrected chi connectivity index (χ3v) is 7.21. The molecule has 0 aliphatic carbocycles. The Labute approximate surface area is 174 Å². The Kier molecular flexibility index (Phi) is 6.78. The van der Waals surface area contributed by atoms with Crippen LogP contribution in [0, 0.1) is 0 Å². The second kappa shape index (κ2) is 9.09. The largest absolute Gasteiger partial charge is 0.484 e. The topological polar surface area (TPSA) is 63.7 Å². The van der Waals surface area contributed by atoms with Crippen molar-refractivity contribution in [3.8, 4) is 5.75 Å². The molecular formula is C21H24BrNO4S. The van der Waals surface area contributed by atoms with E-state index < -0.39 is 9.84 Å². The van der Waals surface area contributed by atoms with Crippen molar-refractivity contribution in [1.82, 2.24) is 4.90 Å². The molecule has 7 heteroatoms. The number of carbonyl (C=O) groups is 1. The molecule has 5 nitrogen and oxygen atoms in total. The van der Waals surface area contributed by atoms with Gasteiger partial charge in [-0.3, -0.25) is 4.79 Å². The normalized spacial score (nSPS) is 18.0. The molecule has 1 heterocycles. The molecule has 1 atom stereocenters. The predicted molar refractivity (Wildman–Crippen MR) is 113 cm³/mol. The summed E-state index contributed by atoms with van der Waals surface area (Å²) in [5, 5.41) is 0. The zero-order chi connectivity index (χ0) is 20.1. The van der Waals surface area contributed by atoms with Gasteiger partial charge in [0.15, 0.2) is 16.4 Å². The summed E-state index contributed by atoms with van der Waals surface area (Å²) in [6, 6.07) is 15.0. The van der Waals surface area contributed by atoms with Crippen LogP contribution in [0.4, 0.5) is 0 Å². The number of amides is 1. The van der Waals surface area contributed by atoms with E-state index in [1.165, 1.54) is 5.56 Å². The summed E-state index contributed by atoms with van der Waals surface area (Å²) in [5.74, 6) is 0.542. The fourth-order valence-electron chi connectivity index (χ4n) is 3.28. The van der Waals surface area contributed by atoms with E-state index in [2.05, 4.69) is 22.9 Å². The molecule has 1 fully saturated rings. The van der Waals surface area contributed by atoms with Gasteiger partial charge in [-0.25, -0.2) is 8.42 Å². The Morgan fingerprint density at radius 3 is 2.32 bits per heavy atom. The lowest BCUT2D eigenvalue weighted by atomic mass is 10.1. The second-order valence-electron chi connectivity index (χ2n) is 6.99. The summed E-state index contributed by atoms with van der Waals surface area (Å²) in [6.45, 7) is 2.35. The first-order chi connectivity index (χ1) is 13.4. The lowest BCUT2D eigenvalue weighted by Crippen LogP contribution is -2.43. The lowest BCUT2D eigenvalue weighted by Gasteiger charge is -2.28. The SMILES string of the molecule is CCc1ccc(CN(C(=O)COc2ccc(Br)cc2)C2CCS(=O)(=O)C2)cc1. The van der Waals surface area contributed by atoms with Crippen LogP contribution in [-0.4, -0.2) is 43.4 Å². The van der Waals surface area contributed by atoms with Crippen molar-refractivity contribution in [1.29, 1.82) is 0 Å². The van der Waals surface area contributed by atoms with Gasteiger partial charge in [-0.1, -0.05) is 47.1 Å². The van der Waals surface area contributed by atoms with Gasteiger partial charge in [-0.05, 0) is 48.2 Å². The van der Waals surface area contributed by atoms with Gasteiger partial charge in [0, 0.05) is 17.1 Å². The van der Waals surface area contributed by atoms with Gasteiger partial charge >= 0.3 is 0 Å². The Balaban J connectivity index is 1.72. The van der Waals surface area contributed by atoms with Gasteiger partial charge in [0.1, 0.15) is 5.75 Å². The quantitative estimate of drug-likeness (QED) is 0.626. The highest BCUT2D eigenvalue weighted by atomic mass is 79.9. The maximum atomic E-state index is 12.9. The Bertz CT molecular complexity index is 910. The number of benzene rings is 2. The van der Waals surface area contributed by atoms with E-state index in [0.29, 0.717) is 18.7 Å². The summed E-state index contributed by atoms with van der Waals surface area (Å²) >= 11 is 3.36. The molecule has 1 unspecified atom stereocenters. The van der Waals surface area contributed by atoms with E-state index in [0.717, 1.165) is 16.5 Å². The van der Waals surface area contributed by atoms with Gasteiger partial charge in [-0.2, -0.15) is 0 Å². The highest BCUT2D eigenvalue weighted by Crippen LogP contribution is 2.22. The summed E-state index contributed by atoms with van der Waals surface area (Å²) in [4.78, 5) is 14.6. The van der Waals surface area contributed by atoms with Crippen LogP contribution in [0.3, 0.4) is 0 Å². The lowest BCUT2D eigenvalue weighted by molar-refractivity contribution is -0.136. The molecule has 2 aromatic rings. The molecule has 3 rings (SSSR count). The summed E-state index contributed by atoms with van der Waals surface area (Å²) in [6.07, 6.45) is 1.42. The number of aryl methyl sites for hydroxylation is 1. The monoisotopic (exact) mass is 465 g/mol. The Morgan fingerprint density at radius 2 is 1.75 bits per heavy atom. The first-order valence-electron chi connectivity index (χ1n) is 9.32. The average Bonchev–Trinajstić information content (AvgIpc) is 3.05. The number of nitrogens with zero attached hydrogens (tertiary/aromatic N) is 1. The van der Waals surface area contributed by atoms with Crippen LogP contribution in [0.1, 0.15) is 24.5 Å². The van der Waals surface area contributed by atoms with Gasteiger partial charge in [0.05, 0.1) is 11.5 Å². The molecule has 0 spiro atoms. The maximum Gasteiger partial charge on any atom is 0.261 e. The average molecular weight is 466 g/mol. The van der Waals surface area contributed by atoms with Crippen molar-refractivity contribution in [2.45, 2.75) is 32.4 Å². The summed E-state index contributed by atoms with van der Waals surface area (Å²) < 4.78 is 30.4. The third kappa shape index (κ3) is 5.58. The number of sulfone groups is 1. The van der Waals surface area contributed by atoms with Crippen LogP contribution < -0.4 is 4.74 Å². The minimum atomic E-state index is -3.09. The number of rotatable bonds is 7. The van der Waals surface area contributed by atoms with E-state index in [4.69, 9.17) is 4.74 Å². The predicted octanol–water partition coefficient (Wildman–Crippen LogP) is 3.61. The molecule has 0 N–H and O–H groups in total. The van der Waals surface area contributed by atoms with Crippen molar-refractivity contribution in [2.75, 3.05) is 18.1 Å². The molecule has 0 bridgehead atoms. The molecule has 1 amide bonds. The van der Waals surface area contributed by atoms with E-state index in [-0.39, 0.29) is 30.1 Å². The van der Waals surface area contributed by atoms with E-state index >= 15 is 0 Å². The third-order valence-electron chi connectivity index (χ3n) is 4.93. The first-order valence-corrected chi connectivity index (χ1v) is 11.9. The number of halogens is 1. The zero-order valence-electron chi connectivity index (χ0n) is 15.8. The molecule has 1 aliphatic heterocycles. The van der Waals surface area contributed by atoms with Crippen LogP contribution in [-0.2, 0) is 27.6 Å². The van der Waals surface area contributed by atoms with Crippen molar-refractivity contribution >= 4 is 31.7 Å². The van der Waals surface area contributed by atoms with Crippen LogP contribution in [0.15, 0.2) is 53.0 Å². The molecule has 2 aromatic carbocycles. The van der Waals surface area contributed by atoms with Crippen molar-refractivity contribution in [2.24, 2.45) is 0 Å². The molecule has 150 valence electrons.